The maximum absolute atomic E-state index is 5.38. The Morgan fingerprint density at radius 1 is 1.46 bits per heavy atom. The molecule has 13 heavy (non-hydrogen) atoms. The summed E-state index contributed by atoms with van der Waals surface area (Å²) >= 11 is 0. The van der Waals surface area contributed by atoms with Crippen LogP contribution in [0.2, 0.25) is 0 Å². The third-order valence-corrected chi connectivity index (χ3v) is 2.27. The van der Waals surface area contributed by atoms with Crippen molar-refractivity contribution in [2.24, 2.45) is 5.73 Å². The first-order valence-corrected chi connectivity index (χ1v) is 4.66. The van der Waals surface area contributed by atoms with Crippen molar-refractivity contribution in [2.45, 2.75) is 31.8 Å². The molecule has 1 aliphatic rings. The molecule has 1 atom stereocenters. The van der Waals surface area contributed by atoms with Gasteiger partial charge in [0.2, 0.25) is 11.8 Å². The van der Waals surface area contributed by atoms with Gasteiger partial charge < -0.3 is 15.5 Å². The smallest absolute Gasteiger partial charge is 0.233 e. The summed E-state index contributed by atoms with van der Waals surface area (Å²) in [7, 11) is 0. The molecule has 2 heterocycles. The van der Waals surface area contributed by atoms with Gasteiger partial charge in [0.25, 0.3) is 0 Å². The van der Waals surface area contributed by atoms with Crippen molar-refractivity contribution >= 4 is 0 Å². The lowest BCUT2D eigenvalue weighted by Crippen LogP contribution is -2.26. The third-order valence-electron chi connectivity index (χ3n) is 2.27. The minimum atomic E-state index is 0.238. The number of hydrogen-bond acceptors (Lipinski definition) is 5. The Balaban J connectivity index is 2.05. The number of hydrogen-bond donors (Lipinski definition) is 2. The maximum atomic E-state index is 5.38. The summed E-state index contributed by atoms with van der Waals surface area (Å²) in [6.45, 7) is 1.35. The Kier molecular flexibility index (Phi) is 2.56. The summed E-state index contributed by atoms with van der Waals surface area (Å²) in [6.07, 6.45) is 3.53. The lowest BCUT2D eigenvalue weighted by atomic mass is 10.1. The summed E-state index contributed by atoms with van der Waals surface area (Å²) in [5.74, 6) is 1.20. The van der Waals surface area contributed by atoms with E-state index >= 15 is 0 Å². The third kappa shape index (κ3) is 1.87. The number of rotatable bonds is 2. The number of nitrogens with zero attached hydrogens (tertiary/aromatic N) is 2. The topological polar surface area (TPSA) is 77.0 Å². The summed E-state index contributed by atoms with van der Waals surface area (Å²) < 4.78 is 5.36. The van der Waals surface area contributed by atoms with Crippen LogP contribution in [0.1, 0.15) is 37.1 Å². The number of piperidine rings is 1. The monoisotopic (exact) mass is 182 g/mol. The summed E-state index contributed by atoms with van der Waals surface area (Å²) in [6, 6.07) is 0.238. The van der Waals surface area contributed by atoms with Crippen LogP contribution in [0, 0.1) is 0 Å². The van der Waals surface area contributed by atoms with Crippen LogP contribution in [-0.4, -0.2) is 16.7 Å². The standard InChI is InChI=1S/C8H14N4O/c9-5-7-11-12-8(13-7)6-3-1-2-4-10-6/h6,10H,1-5,9H2/t6-/m0/s1. The van der Waals surface area contributed by atoms with Crippen LogP contribution in [0.25, 0.3) is 0 Å². The second-order valence-corrected chi connectivity index (χ2v) is 3.24. The predicted molar refractivity (Wildman–Crippen MR) is 46.8 cm³/mol. The molecular formula is C8H14N4O. The average Bonchev–Trinajstić information content (AvgIpc) is 2.67. The van der Waals surface area contributed by atoms with E-state index in [1.165, 1.54) is 12.8 Å². The van der Waals surface area contributed by atoms with Gasteiger partial charge in [0.05, 0.1) is 12.6 Å². The van der Waals surface area contributed by atoms with Gasteiger partial charge in [-0.2, -0.15) is 0 Å². The lowest BCUT2D eigenvalue weighted by Gasteiger charge is -2.19. The van der Waals surface area contributed by atoms with E-state index in [-0.39, 0.29) is 6.04 Å². The zero-order valence-corrected chi connectivity index (χ0v) is 7.49. The highest BCUT2D eigenvalue weighted by molar-refractivity contribution is 4.91. The van der Waals surface area contributed by atoms with Crippen LogP contribution in [0.5, 0.6) is 0 Å². The molecule has 0 radical (unpaired) electrons. The molecule has 1 saturated heterocycles. The molecule has 0 aromatic carbocycles. The van der Waals surface area contributed by atoms with Gasteiger partial charge in [-0.15, -0.1) is 10.2 Å². The molecule has 3 N–H and O–H groups in total. The van der Waals surface area contributed by atoms with E-state index in [9.17, 15) is 0 Å². The number of nitrogens with one attached hydrogen (secondary N) is 1. The first-order chi connectivity index (χ1) is 6.40. The highest BCUT2D eigenvalue weighted by Crippen LogP contribution is 2.21. The first-order valence-electron chi connectivity index (χ1n) is 4.66. The second kappa shape index (κ2) is 3.85. The van der Waals surface area contributed by atoms with Gasteiger partial charge in [0.1, 0.15) is 0 Å². The number of aromatic nitrogens is 2. The van der Waals surface area contributed by atoms with E-state index < -0.39 is 0 Å². The van der Waals surface area contributed by atoms with Crippen LogP contribution in [0.4, 0.5) is 0 Å². The fourth-order valence-corrected chi connectivity index (χ4v) is 1.55. The predicted octanol–water partition coefficient (Wildman–Crippen LogP) is 0.343. The summed E-state index contributed by atoms with van der Waals surface area (Å²) in [4.78, 5) is 0. The van der Waals surface area contributed by atoms with Gasteiger partial charge in [-0.25, -0.2) is 0 Å². The Hall–Kier alpha value is -0.940. The minimum Gasteiger partial charge on any atom is -0.422 e. The van der Waals surface area contributed by atoms with E-state index in [0.717, 1.165) is 13.0 Å². The molecule has 1 aromatic heterocycles. The average molecular weight is 182 g/mol. The molecule has 5 heteroatoms. The summed E-state index contributed by atoms with van der Waals surface area (Å²) in [5, 5.41) is 11.1. The zero-order valence-electron chi connectivity index (χ0n) is 7.49. The Morgan fingerprint density at radius 3 is 3.00 bits per heavy atom. The van der Waals surface area contributed by atoms with Gasteiger partial charge >= 0.3 is 0 Å². The highest BCUT2D eigenvalue weighted by Gasteiger charge is 2.19. The molecule has 72 valence electrons. The van der Waals surface area contributed by atoms with Gasteiger partial charge in [0, 0.05) is 0 Å². The fraction of sp³-hybridized carbons (Fsp3) is 0.750. The van der Waals surface area contributed by atoms with Crippen molar-refractivity contribution < 1.29 is 4.42 Å². The largest absolute Gasteiger partial charge is 0.422 e. The molecule has 1 aromatic rings. The van der Waals surface area contributed by atoms with Crippen LogP contribution < -0.4 is 11.1 Å². The first kappa shape index (κ1) is 8.65. The van der Waals surface area contributed by atoms with E-state index in [4.69, 9.17) is 10.2 Å². The molecule has 2 rings (SSSR count). The second-order valence-electron chi connectivity index (χ2n) is 3.24. The van der Waals surface area contributed by atoms with Gasteiger partial charge in [0.15, 0.2) is 0 Å². The molecule has 1 aliphatic heterocycles. The zero-order chi connectivity index (χ0) is 9.10. The van der Waals surface area contributed by atoms with Crippen LogP contribution >= 0.6 is 0 Å². The Morgan fingerprint density at radius 2 is 2.38 bits per heavy atom. The molecule has 0 amide bonds. The molecule has 0 unspecified atom stereocenters. The van der Waals surface area contributed by atoms with Crippen molar-refractivity contribution in [1.29, 1.82) is 0 Å². The highest BCUT2D eigenvalue weighted by atomic mass is 16.4. The van der Waals surface area contributed by atoms with Gasteiger partial charge in [-0.3, -0.25) is 0 Å². The van der Waals surface area contributed by atoms with Crippen molar-refractivity contribution in [1.82, 2.24) is 15.5 Å². The fourth-order valence-electron chi connectivity index (χ4n) is 1.55. The maximum Gasteiger partial charge on any atom is 0.233 e. The lowest BCUT2D eigenvalue weighted by molar-refractivity contribution is 0.329. The molecule has 1 fully saturated rings. The molecule has 5 nitrogen and oxygen atoms in total. The SMILES string of the molecule is NCc1nnc([C@@H]2CCCCN2)o1. The van der Waals surface area contributed by atoms with Crippen molar-refractivity contribution in [3.63, 3.8) is 0 Å². The van der Waals surface area contributed by atoms with Crippen LogP contribution in [0.15, 0.2) is 4.42 Å². The normalized spacial score (nSPS) is 23.3. The molecule has 0 saturated carbocycles. The van der Waals surface area contributed by atoms with E-state index in [0.29, 0.717) is 18.3 Å². The molecule has 0 spiro atoms. The van der Waals surface area contributed by atoms with Gasteiger partial charge in [-0.05, 0) is 19.4 Å². The Bertz CT molecular complexity index is 267. The van der Waals surface area contributed by atoms with E-state index in [1.54, 1.807) is 0 Å². The van der Waals surface area contributed by atoms with E-state index in [2.05, 4.69) is 15.5 Å². The quantitative estimate of drug-likeness (QED) is 0.689. The van der Waals surface area contributed by atoms with Crippen LogP contribution in [0.3, 0.4) is 0 Å². The molecule has 0 bridgehead atoms. The minimum absolute atomic E-state index is 0.238. The Labute approximate surface area is 76.7 Å². The molecule has 0 aliphatic carbocycles. The van der Waals surface area contributed by atoms with Gasteiger partial charge in [-0.1, -0.05) is 6.42 Å². The summed E-state index contributed by atoms with van der Waals surface area (Å²) in [5.41, 5.74) is 5.38. The van der Waals surface area contributed by atoms with E-state index in [1.807, 2.05) is 0 Å². The van der Waals surface area contributed by atoms with Crippen molar-refractivity contribution in [3.8, 4) is 0 Å². The number of nitrogens with two attached hydrogens (primary N) is 1. The van der Waals surface area contributed by atoms with Crippen molar-refractivity contribution in [2.75, 3.05) is 6.54 Å². The van der Waals surface area contributed by atoms with Crippen molar-refractivity contribution in [3.05, 3.63) is 11.8 Å². The molecular weight excluding hydrogens is 168 g/mol. The van der Waals surface area contributed by atoms with Crippen LogP contribution in [-0.2, 0) is 6.54 Å².